The van der Waals surface area contributed by atoms with Crippen LogP contribution in [0.5, 0.6) is 0 Å². The van der Waals surface area contributed by atoms with Crippen LogP contribution in [-0.4, -0.2) is 29.0 Å². The largest absolute Gasteiger partial charge is 0.378 e. The van der Waals surface area contributed by atoms with Crippen LogP contribution in [0.15, 0.2) is 4.47 Å². The summed E-state index contributed by atoms with van der Waals surface area (Å²) in [7, 11) is 2.00. The lowest BCUT2D eigenvalue weighted by Gasteiger charge is -2.10. The molecule has 1 aromatic heterocycles. The summed E-state index contributed by atoms with van der Waals surface area (Å²) in [6.45, 7) is 4.93. The second kappa shape index (κ2) is 6.68. The molecule has 1 saturated heterocycles. The first-order valence-corrected chi connectivity index (χ1v) is 7.54. The summed E-state index contributed by atoms with van der Waals surface area (Å²) in [4.78, 5) is 0. The van der Waals surface area contributed by atoms with Gasteiger partial charge < -0.3 is 10.1 Å². The van der Waals surface area contributed by atoms with Crippen LogP contribution in [0.25, 0.3) is 0 Å². The van der Waals surface area contributed by atoms with Crippen molar-refractivity contribution in [2.75, 3.05) is 13.2 Å². The molecule has 1 aliphatic rings. The predicted octanol–water partition coefficient (Wildman–Crippen LogP) is 2.40. The van der Waals surface area contributed by atoms with Gasteiger partial charge in [-0.15, -0.1) is 0 Å². The lowest BCUT2D eigenvalue weighted by molar-refractivity contribution is 0.104. The zero-order valence-corrected chi connectivity index (χ0v) is 12.8. The fraction of sp³-hybridized carbons (Fsp3) is 0.769. The molecule has 2 rings (SSSR count). The lowest BCUT2D eigenvalue weighted by atomic mass is 10.2. The second-order valence-corrected chi connectivity index (χ2v) is 5.58. The molecule has 1 aromatic rings. The highest BCUT2D eigenvalue weighted by Crippen LogP contribution is 2.21. The molecule has 18 heavy (non-hydrogen) atoms. The topological polar surface area (TPSA) is 39.1 Å². The minimum atomic E-state index is 0.471. The Kier molecular flexibility index (Phi) is 5.21. The van der Waals surface area contributed by atoms with Crippen molar-refractivity contribution in [1.29, 1.82) is 0 Å². The Labute approximate surface area is 117 Å². The van der Waals surface area contributed by atoms with Gasteiger partial charge in [0.1, 0.15) is 0 Å². The van der Waals surface area contributed by atoms with Crippen LogP contribution in [0.4, 0.5) is 0 Å². The number of hydrogen-bond acceptors (Lipinski definition) is 3. The Hall–Kier alpha value is -0.390. The normalized spacial score (nSPS) is 19.6. The summed E-state index contributed by atoms with van der Waals surface area (Å²) in [5.41, 5.74) is 2.35. The van der Waals surface area contributed by atoms with Crippen molar-refractivity contribution in [1.82, 2.24) is 15.1 Å². The highest BCUT2D eigenvalue weighted by atomic mass is 79.9. The van der Waals surface area contributed by atoms with E-state index >= 15 is 0 Å². The first-order chi connectivity index (χ1) is 8.72. The van der Waals surface area contributed by atoms with Gasteiger partial charge in [0.05, 0.1) is 22.0 Å². The van der Waals surface area contributed by atoms with Crippen LogP contribution >= 0.6 is 15.9 Å². The summed E-state index contributed by atoms with van der Waals surface area (Å²) >= 11 is 3.63. The first-order valence-electron chi connectivity index (χ1n) is 6.75. The molecule has 0 bridgehead atoms. The highest BCUT2D eigenvalue weighted by Gasteiger charge is 2.15. The predicted molar refractivity (Wildman–Crippen MR) is 75.6 cm³/mol. The van der Waals surface area contributed by atoms with E-state index in [-0.39, 0.29) is 0 Å². The molecule has 0 radical (unpaired) electrons. The number of nitrogens with zero attached hydrogens (tertiary/aromatic N) is 2. The molecule has 0 amide bonds. The average Bonchev–Trinajstić information content (AvgIpc) is 2.96. The van der Waals surface area contributed by atoms with Crippen molar-refractivity contribution in [3.05, 3.63) is 15.9 Å². The Morgan fingerprint density at radius 2 is 2.39 bits per heavy atom. The Balaban J connectivity index is 1.77. The molecule has 1 fully saturated rings. The molecule has 1 N–H and O–H groups in total. The molecule has 4 nitrogen and oxygen atoms in total. The van der Waals surface area contributed by atoms with Gasteiger partial charge in [-0.25, -0.2) is 0 Å². The number of aryl methyl sites for hydroxylation is 2. The maximum absolute atomic E-state index is 5.61. The van der Waals surface area contributed by atoms with E-state index in [1.807, 2.05) is 11.7 Å². The van der Waals surface area contributed by atoms with Crippen LogP contribution in [0.2, 0.25) is 0 Å². The van der Waals surface area contributed by atoms with Gasteiger partial charge in [0, 0.05) is 20.2 Å². The molecule has 102 valence electrons. The van der Waals surface area contributed by atoms with Crippen molar-refractivity contribution in [2.24, 2.45) is 7.05 Å². The summed E-state index contributed by atoms with van der Waals surface area (Å²) in [5.74, 6) is 0. The van der Waals surface area contributed by atoms with Gasteiger partial charge in [-0.2, -0.15) is 5.10 Å². The zero-order valence-electron chi connectivity index (χ0n) is 11.2. The minimum absolute atomic E-state index is 0.471. The van der Waals surface area contributed by atoms with Gasteiger partial charge >= 0.3 is 0 Å². The van der Waals surface area contributed by atoms with Crippen LogP contribution in [-0.2, 0) is 24.8 Å². The van der Waals surface area contributed by atoms with Gasteiger partial charge in [-0.3, -0.25) is 4.68 Å². The number of hydrogen-bond donors (Lipinski definition) is 1. The summed E-state index contributed by atoms with van der Waals surface area (Å²) in [5, 5.41) is 7.97. The molecule has 0 aromatic carbocycles. The van der Waals surface area contributed by atoms with Crippen LogP contribution in [0.1, 0.15) is 37.6 Å². The smallest absolute Gasteiger partial charge is 0.0767 e. The van der Waals surface area contributed by atoms with Gasteiger partial charge in [-0.05, 0) is 48.2 Å². The van der Waals surface area contributed by atoms with E-state index in [4.69, 9.17) is 4.74 Å². The van der Waals surface area contributed by atoms with E-state index in [1.165, 1.54) is 18.5 Å². The quantitative estimate of drug-likeness (QED) is 0.819. The molecule has 0 spiro atoms. The van der Waals surface area contributed by atoms with E-state index in [0.717, 1.165) is 42.7 Å². The van der Waals surface area contributed by atoms with Crippen molar-refractivity contribution >= 4 is 15.9 Å². The summed E-state index contributed by atoms with van der Waals surface area (Å²) < 4.78 is 8.72. The van der Waals surface area contributed by atoms with Gasteiger partial charge in [0.2, 0.25) is 0 Å². The summed E-state index contributed by atoms with van der Waals surface area (Å²) in [6.07, 6.45) is 4.98. The number of ether oxygens (including phenoxy) is 1. The molecule has 1 atom stereocenters. The third kappa shape index (κ3) is 3.33. The van der Waals surface area contributed by atoms with E-state index in [0.29, 0.717) is 6.10 Å². The molecular formula is C13H22BrN3O. The van der Waals surface area contributed by atoms with Crippen molar-refractivity contribution in [2.45, 2.75) is 45.3 Å². The first kappa shape index (κ1) is 14.0. The standard InChI is InChI=1S/C13H22BrN3O/c1-3-11-13(14)12(17(2)16-11)9-15-7-6-10-5-4-8-18-10/h10,15H,3-9H2,1-2H3. The van der Waals surface area contributed by atoms with Gasteiger partial charge in [-0.1, -0.05) is 6.92 Å². The molecule has 0 saturated carbocycles. The minimum Gasteiger partial charge on any atom is -0.378 e. The fourth-order valence-corrected chi connectivity index (χ4v) is 3.11. The third-order valence-electron chi connectivity index (χ3n) is 3.46. The maximum Gasteiger partial charge on any atom is 0.0767 e. The highest BCUT2D eigenvalue weighted by molar-refractivity contribution is 9.10. The van der Waals surface area contributed by atoms with E-state index in [1.54, 1.807) is 0 Å². The Bertz CT molecular complexity index is 386. The SMILES string of the molecule is CCc1nn(C)c(CNCCC2CCCO2)c1Br. The number of rotatable bonds is 6. The van der Waals surface area contributed by atoms with Gasteiger partial charge in [0.15, 0.2) is 0 Å². The van der Waals surface area contributed by atoms with Crippen molar-refractivity contribution in [3.8, 4) is 0 Å². The Morgan fingerprint density at radius 3 is 3.00 bits per heavy atom. The van der Waals surface area contributed by atoms with Crippen LogP contribution < -0.4 is 5.32 Å². The lowest BCUT2D eigenvalue weighted by Crippen LogP contribution is -2.21. The number of halogens is 1. The summed E-state index contributed by atoms with van der Waals surface area (Å²) in [6, 6.07) is 0. The van der Waals surface area contributed by atoms with Crippen LogP contribution in [0, 0.1) is 0 Å². The van der Waals surface area contributed by atoms with E-state index < -0.39 is 0 Å². The molecule has 2 heterocycles. The second-order valence-electron chi connectivity index (χ2n) is 4.79. The zero-order chi connectivity index (χ0) is 13.0. The molecular weight excluding hydrogens is 294 g/mol. The van der Waals surface area contributed by atoms with E-state index in [2.05, 4.69) is 33.3 Å². The van der Waals surface area contributed by atoms with Crippen molar-refractivity contribution < 1.29 is 4.74 Å². The molecule has 0 aliphatic carbocycles. The van der Waals surface area contributed by atoms with E-state index in [9.17, 15) is 0 Å². The fourth-order valence-electron chi connectivity index (χ4n) is 2.35. The Morgan fingerprint density at radius 1 is 1.56 bits per heavy atom. The van der Waals surface area contributed by atoms with Crippen LogP contribution in [0.3, 0.4) is 0 Å². The molecule has 1 unspecified atom stereocenters. The number of aromatic nitrogens is 2. The molecule has 1 aliphatic heterocycles. The number of nitrogens with one attached hydrogen (secondary N) is 1. The molecule has 5 heteroatoms. The monoisotopic (exact) mass is 315 g/mol. The van der Waals surface area contributed by atoms with Gasteiger partial charge in [0.25, 0.3) is 0 Å². The van der Waals surface area contributed by atoms with Crippen molar-refractivity contribution in [3.63, 3.8) is 0 Å². The maximum atomic E-state index is 5.61. The third-order valence-corrected chi connectivity index (χ3v) is 4.38. The average molecular weight is 316 g/mol.